The summed E-state index contributed by atoms with van der Waals surface area (Å²) in [5.41, 5.74) is 2.05. The van der Waals surface area contributed by atoms with Gasteiger partial charge in [0.25, 0.3) is 0 Å². The van der Waals surface area contributed by atoms with E-state index in [0.29, 0.717) is 10.8 Å². The van der Waals surface area contributed by atoms with Crippen molar-refractivity contribution in [1.29, 1.82) is 0 Å². The van der Waals surface area contributed by atoms with E-state index in [0.717, 1.165) is 16.9 Å². The number of aryl methyl sites for hydroxylation is 1. The third-order valence-electron chi connectivity index (χ3n) is 2.50. The molecule has 2 aromatic rings. The molecule has 3 heteroatoms. The first-order valence-electron chi connectivity index (χ1n) is 5.12. The molecule has 0 aliphatic rings. The Balaban J connectivity index is 2.46. The van der Waals surface area contributed by atoms with E-state index in [2.05, 4.69) is 0 Å². The number of furan rings is 1. The second-order valence-corrected chi connectivity index (χ2v) is 4.27. The van der Waals surface area contributed by atoms with Crippen LogP contribution in [0.15, 0.2) is 34.7 Å². The van der Waals surface area contributed by atoms with Crippen molar-refractivity contribution in [1.82, 2.24) is 0 Å². The summed E-state index contributed by atoms with van der Waals surface area (Å²) in [4.78, 5) is 0. The summed E-state index contributed by atoms with van der Waals surface area (Å²) in [7, 11) is 0. The predicted molar refractivity (Wildman–Crippen MR) is 64.5 cm³/mol. The van der Waals surface area contributed by atoms with Crippen molar-refractivity contribution in [2.75, 3.05) is 0 Å². The number of rotatable bonds is 2. The highest BCUT2D eigenvalue weighted by Gasteiger charge is 2.10. The Kier molecular flexibility index (Phi) is 3.03. The molecule has 1 heterocycles. The van der Waals surface area contributed by atoms with Gasteiger partial charge in [-0.05, 0) is 43.7 Å². The van der Waals surface area contributed by atoms with Crippen LogP contribution in [0.4, 0.5) is 0 Å². The maximum absolute atomic E-state index is 9.39. The zero-order valence-electron chi connectivity index (χ0n) is 9.20. The first kappa shape index (κ1) is 11.2. The van der Waals surface area contributed by atoms with Crippen LogP contribution >= 0.6 is 11.6 Å². The van der Waals surface area contributed by atoms with Crippen molar-refractivity contribution >= 4 is 11.6 Å². The normalized spacial score (nSPS) is 12.8. The first-order valence-corrected chi connectivity index (χ1v) is 5.50. The van der Waals surface area contributed by atoms with Gasteiger partial charge in [-0.1, -0.05) is 17.7 Å². The van der Waals surface area contributed by atoms with E-state index in [1.165, 1.54) is 0 Å². The van der Waals surface area contributed by atoms with E-state index in [-0.39, 0.29) is 0 Å². The molecule has 0 bridgehead atoms. The van der Waals surface area contributed by atoms with Crippen LogP contribution in [0.25, 0.3) is 11.3 Å². The highest BCUT2D eigenvalue weighted by atomic mass is 35.5. The van der Waals surface area contributed by atoms with Gasteiger partial charge in [-0.15, -0.1) is 0 Å². The molecule has 1 atom stereocenters. The third kappa shape index (κ3) is 2.13. The van der Waals surface area contributed by atoms with Crippen molar-refractivity contribution < 1.29 is 9.52 Å². The minimum Gasteiger partial charge on any atom is -0.458 e. The lowest BCUT2D eigenvalue weighted by molar-refractivity contribution is 0.170. The monoisotopic (exact) mass is 236 g/mol. The van der Waals surface area contributed by atoms with Crippen LogP contribution in [0.3, 0.4) is 0 Å². The maximum atomic E-state index is 9.39. The Morgan fingerprint density at radius 2 is 2.00 bits per heavy atom. The minimum atomic E-state index is -0.590. The topological polar surface area (TPSA) is 33.4 Å². The van der Waals surface area contributed by atoms with Gasteiger partial charge in [-0.2, -0.15) is 0 Å². The number of halogens is 1. The van der Waals surface area contributed by atoms with Crippen LogP contribution in [0, 0.1) is 6.92 Å². The SMILES string of the molecule is Cc1ccc(Cl)cc1-c1ccc(C(C)O)o1. The summed E-state index contributed by atoms with van der Waals surface area (Å²) in [5.74, 6) is 1.30. The number of aliphatic hydroxyl groups excluding tert-OH is 1. The highest BCUT2D eigenvalue weighted by Crippen LogP contribution is 2.29. The van der Waals surface area contributed by atoms with Crippen LogP contribution < -0.4 is 0 Å². The van der Waals surface area contributed by atoms with Crippen LogP contribution in [0.5, 0.6) is 0 Å². The van der Waals surface area contributed by atoms with Gasteiger partial charge in [0, 0.05) is 10.6 Å². The fraction of sp³-hybridized carbons (Fsp3) is 0.231. The Bertz CT molecular complexity index is 500. The molecule has 0 aliphatic heterocycles. The zero-order chi connectivity index (χ0) is 11.7. The van der Waals surface area contributed by atoms with Crippen LogP contribution in [0.2, 0.25) is 5.02 Å². The molecule has 2 rings (SSSR count). The Hall–Kier alpha value is -1.25. The Morgan fingerprint density at radius 1 is 1.25 bits per heavy atom. The summed E-state index contributed by atoms with van der Waals surface area (Å²) in [6.45, 7) is 3.67. The summed E-state index contributed by atoms with van der Waals surface area (Å²) in [5, 5.41) is 10.1. The number of benzene rings is 1. The minimum absolute atomic E-state index is 0.564. The van der Waals surface area contributed by atoms with Gasteiger partial charge in [0.15, 0.2) is 0 Å². The van der Waals surface area contributed by atoms with Crippen molar-refractivity contribution in [2.24, 2.45) is 0 Å². The summed E-state index contributed by atoms with van der Waals surface area (Å²) < 4.78 is 5.56. The van der Waals surface area contributed by atoms with Crippen molar-refractivity contribution in [3.8, 4) is 11.3 Å². The standard InChI is InChI=1S/C13H13ClO2/c1-8-3-4-10(14)7-11(8)13-6-5-12(16-13)9(2)15/h3-7,9,15H,1-2H3. The molecule has 0 saturated carbocycles. The second-order valence-electron chi connectivity index (χ2n) is 3.84. The molecule has 0 amide bonds. The van der Waals surface area contributed by atoms with E-state index < -0.39 is 6.10 Å². The number of hydrogen-bond acceptors (Lipinski definition) is 2. The molecule has 84 valence electrons. The lowest BCUT2D eigenvalue weighted by Gasteiger charge is -2.03. The summed E-state index contributed by atoms with van der Waals surface area (Å²) in [6, 6.07) is 9.28. The summed E-state index contributed by atoms with van der Waals surface area (Å²) >= 11 is 5.95. The van der Waals surface area contributed by atoms with E-state index in [1.54, 1.807) is 13.0 Å². The summed E-state index contributed by atoms with van der Waals surface area (Å²) in [6.07, 6.45) is -0.590. The van der Waals surface area contributed by atoms with E-state index in [9.17, 15) is 5.11 Å². The van der Waals surface area contributed by atoms with E-state index >= 15 is 0 Å². The molecule has 0 radical (unpaired) electrons. The largest absolute Gasteiger partial charge is 0.458 e. The average molecular weight is 237 g/mol. The van der Waals surface area contributed by atoms with Crippen LogP contribution in [0.1, 0.15) is 24.4 Å². The lowest BCUT2D eigenvalue weighted by Crippen LogP contribution is -1.86. The molecule has 1 N–H and O–H groups in total. The molecule has 0 spiro atoms. The Labute approximate surface area is 99.5 Å². The molecule has 0 aliphatic carbocycles. The maximum Gasteiger partial charge on any atom is 0.134 e. The quantitative estimate of drug-likeness (QED) is 0.856. The highest BCUT2D eigenvalue weighted by molar-refractivity contribution is 6.30. The van der Waals surface area contributed by atoms with Crippen molar-refractivity contribution in [3.63, 3.8) is 0 Å². The molecule has 16 heavy (non-hydrogen) atoms. The van der Waals surface area contributed by atoms with E-state index in [4.69, 9.17) is 16.0 Å². The van der Waals surface area contributed by atoms with Crippen LogP contribution in [-0.4, -0.2) is 5.11 Å². The molecular weight excluding hydrogens is 224 g/mol. The Morgan fingerprint density at radius 3 is 2.62 bits per heavy atom. The smallest absolute Gasteiger partial charge is 0.134 e. The molecule has 0 fully saturated rings. The lowest BCUT2D eigenvalue weighted by atomic mass is 10.1. The first-order chi connectivity index (χ1) is 7.58. The molecule has 1 unspecified atom stereocenters. The van der Waals surface area contributed by atoms with E-state index in [1.807, 2.05) is 31.2 Å². The molecule has 1 aromatic carbocycles. The van der Waals surface area contributed by atoms with Crippen molar-refractivity contribution in [2.45, 2.75) is 20.0 Å². The van der Waals surface area contributed by atoms with Gasteiger partial charge in [-0.25, -0.2) is 0 Å². The van der Waals surface area contributed by atoms with Gasteiger partial charge in [0.05, 0.1) is 0 Å². The average Bonchev–Trinajstić information content (AvgIpc) is 2.70. The molecule has 2 nitrogen and oxygen atoms in total. The third-order valence-corrected chi connectivity index (χ3v) is 2.74. The zero-order valence-corrected chi connectivity index (χ0v) is 9.95. The predicted octanol–water partition coefficient (Wildman–Crippen LogP) is 3.96. The number of hydrogen-bond donors (Lipinski definition) is 1. The van der Waals surface area contributed by atoms with Crippen molar-refractivity contribution in [3.05, 3.63) is 46.7 Å². The van der Waals surface area contributed by atoms with Gasteiger partial charge in [-0.3, -0.25) is 0 Å². The fourth-order valence-corrected chi connectivity index (χ4v) is 1.75. The van der Waals surface area contributed by atoms with Gasteiger partial charge in [0.1, 0.15) is 17.6 Å². The molecule has 0 saturated heterocycles. The van der Waals surface area contributed by atoms with Crippen LogP contribution in [-0.2, 0) is 0 Å². The van der Waals surface area contributed by atoms with Gasteiger partial charge < -0.3 is 9.52 Å². The second kappa shape index (κ2) is 4.32. The molecule has 1 aromatic heterocycles. The molecular formula is C13H13ClO2. The number of aliphatic hydroxyl groups is 1. The fourth-order valence-electron chi connectivity index (χ4n) is 1.58. The van der Waals surface area contributed by atoms with Gasteiger partial charge >= 0.3 is 0 Å². The van der Waals surface area contributed by atoms with Gasteiger partial charge in [0.2, 0.25) is 0 Å².